The third kappa shape index (κ3) is 3.25. The highest BCUT2D eigenvalue weighted by atomic mass is 16.6. The molecule has 0 saturated carbocycles. The molecule has 25 heavy (non-hydrogen) atoms. The Bertz CT molecular complexity index is 743. The average Bonchev–Trinajstić information content (AvgIpc) is 3.46. The van der Waals surface area contributed by atoms with Gasteiger partial charge in [0.2, 0.25) is 5.75 Å². The molecule has 1 saturated heterocycles. The summed E-state index contributed by atoms with van der Waals surface area (Å²) < 4.78 is 26.6. The van der Waals surface area contributed by atoms with E-state index < -0.39 is 6.10 Å². The van der Waals surface area contributed by atoms with Gasteiger partial charge in [-0.2, -0.15) is 0 Å². The molecule has 2 unspecified atom stereocenters. The Morgan fingerprint density at radius 1 is 0.880 bits per heavy atom. The van der Waals surface area contributed by atoms with Crippen LogP contribution in [0, 0.1) is 0 Å². The van der Waals surface area contributed by atoms with Gasteiger partial charge in [0.25, 0.3) is 0 Å². The van der Waals surface area contributed by atoms with E-state index in [1.165, 1.54) is 21.3 Å². The van der Waals surface area contributed by atoms with E-state index >= 15 is 0 Å². The number of epoxide rings is 1. The molecular weight excluding hydrogens is 324 g/mol. The Morgan fingerprint density at radius 2 is 1.48 bits per heavy atom. The zero-order chi connectivity index (χ0) is 18.0. The molecule has 1 aliphatic rings. The van der Waals surface area contributed by atoms with Crippen LogP contribution in [0.2, 0.25) is 0 Å². The predicted octanol–water partition coefficient (Wildman–Crippen LogP) is 3.04. The van der Waals surface area contributed by atoms with Crippen molar-refractivity contribution in [1.29, 1.82) is 0 Å². The van der Waals surface area contributed by atoms with Crippen LogP contribution in [0.1, 0.15) is 22.0 Å². The highest BCUT2D eigenvalue weighted by Crippen LogP contribution is 2.44. The van der Waals surface area contributed by atoms with Crippen molar-refractivity contribution < 1.29 is 28.5 Å². The number of methoxy groups -OCH3 is 4. The Labute approximate surface area is 146 Å². The van der Waals surface area contributed by atoms with Gasteiger partial charge in [-0.3, -0.25) is 4.79 Å². The molecule has 1 aliphatic heterocycles. The average molecular weight is 344 g/mol. The van der Waals surface area contributed by atoms with Gasteiger partial charge in [-0.1, -0.05) is 12.1 Å². The van der Waals surface area contributed by atoms with Crippen molar-refractivity contribution >= 4 is 5.78 Å². The Hall–Kier alpha value is -2.73. The first-order valence-electron chi connectivity index (χ1n) is 7.76. The number of ether oxygens (including phenoxy) is 5. The van der Waals surface area contributed by atoms with Crippen LogP contribution >= 0.6 is 0 Å². The van der Waals surface area contributed by atoms with Gasteiger partial charge < -0.3 is 23.7 Å². The fourth-order valence-electron chi connectivity index (χ4n) is 2.75. The lowest BCUT2D eigenvalue weighted by atomic mass is 10.0. The van der Waals surface area contributed by atoms with Crippen LogP contribution < -0.4 is 18.9 Å². The van der Waals surface area contributed by atoms with Crippen molar-refractivity contribution in [3.05, 3.63) is 47.5 Å². The first kappa shape index (κ1) is 17.1. The van der Waals surface area contributed by atoms with Gasteiger partial charge in [0.15, 0.2) is 23.4 Å². The van der Waals surface area contributed by atoms with Gasteiger partial charge in [-0.05, 0) is 29.8 Å². The van der Waals surface area contributed by atoms with E-state index in [1.807, 2.05) is 24.3 Å². The smallest absolute Gasteiger partial charge is 0.203 e. The van der Waals surface area contributed by atoms with Crippen LogP contribution in [0.15, 0.2) is 36.4 Å². The maximum Gasteiger partial charge on any atom is 0.203 e. The number of hydrogen-bond acceptors (Lipinski definition) is 6. The molecule has 6 heteroatoms. The Kier molecular flexibility index (Phi) is 4.81. The summed E-state index contributed by atoms with van der Waals surface area (Å²) in [6.45, 7) is 0. The monoisotopic (exact) mass is 344 g/mol. The first-order chi connectivity index (χ1) is 12.1. The Morgan fingerprint density at radius 3 is 1.96 bits per heavy atom. The third-order valence-corrected chi connectivity index (χ3v) is 4.14. The summed E-state index contributed by atoms with van der Waals surface area (Å²) in [5, 5.41) is 0. The number of Topliss-reactive ketones (excluding diaryl/α,β-unsaturated/α-hetero) is 1. The molecule has 2 aromatic carbocycles. The van der Waals surface area contributed by atoms with E-state index in [4.69, 9.17) is 23.7 Å². The maximum atomic E-state index is 12.7. The van der Waals surface area contributed by atoms with Crippen LogP contribution in [0.25, 0.3) is 0 Å². The van der Waals surface area contributed by atoms with Crippen molar-refractivity contribution in [2.24, 2.45) is 0 Å². The van der Waals surface area contributed by atoms with Crippen LogP contribution in [-0.2, 0) is 4.74 Å². The van der Waals surface area contributed by atoms with E-state index in [0.29, 0.717) is 22.8 Å². The molecular formula is C19H20O6. The first-order valence-corrected chi connectivity index (χ1v) is 7.76. The molecule has 0 amide bonds. The highest BCUT2D eigenvalue weighted by Gasteiger charge is 2.46. The third-order valence-electron chi connectivity index (χ3n) is 4.14. The van der Waals surface area contributed by atoms with Gasteiger partial charge in [0, 0.05) is 5.56 Å². The topological polar surface area (TPSA) is 66.5 Å². The molecule has 2 aromatic rings. The SMILES string of the molecule is COc1ccc(C2OC2C(=O)c2cc(OC)c(OC)c(OC)c2)cc1. The molecule has 1 fully saturated rings. The van der Waals surface area contributed by atoms with Crippen molar-refractivity contribution in [1.82, 2.24) is 0 Å². The molecule has 3 rings (SSSR count). The van der Waals surface area contributed by atoms with Crippen molar-refractivity contribution in [2.75, 3.05) is 28.4 Å². The minimum atomic E-state index is -0.517. The van der Waals surface area contributed by atoms with Gasteiger partial charge in [-0.25, -0.2) is 0 Å². The summed E-state index contributed by atoms with van der Waals surface area (Å²) in [6, 6.07) is 10.8. The second kappa shape index (κ2) is 7.03. The van der Waals surface area contributed by atoms with E-state index in [9.17, 15) is 4.79 Å². The lowest BCUT2D eigenvalue weighted by Gasteiger charge is -2.13. The fourth-order valence-corrected chi connectivity index (χ4v) is 2.75. The zero-order valence-electron chi connectivity index (χ0n) is 14.6. The molecule has 0 aliphatic carbocycles. The predicted molar refractivity (Wildman–Crippen MR) is 91.0 cm³/mol. The van der Waals surface area contributed by atoms with Crippen LogP contribution in [0.4, 0.5) is 0 Å². The number of hydrogen-bond donors (Lipinski definition) is 0. The van der Waals surface area contributed by atoms with E-state index in [1.54, 1.807) is 19.2 Å². The van der Waals surface area contributed by atoms with Gasteiger partial charge in [0.1, 0.15) is 11.9 Å². The normalized spacial score (nSPS) is 18.4. The minimum absolute atomic E-state index is 0.125. The lowest BCUT2D eigenvalue weighted by Crippen LogP contribution is -2.09. The van der Waals surface area contributed by atoms with Gasteiger partial charge >= 0.3 is 0 Å². The van der Waals surface area contributed by atoms with Gasteiger partial charge in [-0.15, -0.1) is 0 Å². The number of rotatable bonds is 7. The summed E-state index contributed by atoms with van der Waals surface area (Å²) in [5.41, 5.74) is 1.39. The maximum absolute atomic E-state index is 12.7. The second-order valence-electron chi connectivity index (χ2n) is 5.53. The quantitative estimate of drug-likeness (QED) is 0.568. The van der Waals surface area contributed by atoms with Gasteiger partial charge in [0.05, 0.1) is 28.4 Å². The van der Waals surface area contributed by atoms with Crippen LogP contribution in [0.3, 0.4) is 0 Å². The summed E-state index contributed by atoms with van der Waals surface area (Å²) >= 11 is 0. The number of benzene rings is 2. The summed E-state index contributed by atoms with van der Waals surface area (Å²) in [5.74, 6) is 1.96. The minimum Gasteiger partial charge on any atom is -0.497 e. The van der Waals surface area contributed by atoms with Crippen molar-refractivity contribution in [2.45, 2.75) is 12.2 Å². The molecule has 2 atom stereocenters. The Balaban J connectivity index is 1.82. The standard InChI is InChI=1S/C19H20O6/c1-21-13-7-5-11(6-8-13)17-19(25-17)16(20)12-9-14(22-2)18(24-4)15(10-12)23-3/h5-10,17,19H,1-4H3. The summed E-state index contributed by atoms with van der Waals surface area (Å²) in [6.07, 6.45) is -0.770. The van der Waals surface area contributed by atoms with E-state index in [2.05, 4.69) is 0 Å². The largest absolute Gasteiger partial charge is 0.497 e. The van der Waals surface area contributed by atoms with Crippen molar-refractivity contribution in [3.8, 4) is 23.0 Å². The molecule has 0 spiro atoms. The number of carbonyl (C=O) groups excluding carboxylic acids is 1. The summed E-state index contributed by atoms with van der Waals surface area (Å²) in [4.78, 5) is 12.7. The van der Waals surface area contributed by atoms with E-state index in [0.717, 1.165) is 11.3 Å². The molecule has 0 radical (unpaired) electrons. The second-order valence-corrected chi connectivity index (χ2v) is 5.53. The molecule has 0 aromatic heterocycles. The highest BCUT2D eigenvalue weighted by molar-refractivity contribution is 6.02. The molecule has 0 N–H and O–H groups in total. The van der Waals surface area contributed by atoms with Crippen LogP contribution in [0.5, 0.6) is 23.0 Å². The molecule has 1 heterocycles. The lowest BCUT2D eigenvalue weighted by molar-refractivity contribution is 0.0953. The fraction of sp³-hybridized carbons (Fsp3) is 0.316. The van der Waals surface area contributed by atoms with Crippen LogP contribution in [-0.4, -0.2) is 40.3 Å². The number of ketones is 1. The number of carbonyl (C=O) groups is 1. The zero-order valence-corrected chi connectivity index (χ0v) is 14.6. The van der Waals surface area contributed by atoms with Crippen molar-refractivity contribution in [3.63, 3.8) is 0 Å². The van der Waals surface area contributed by atoms with E-state index in [-0.39, 0.29) is 11.9 Å². The molecule has 132 valence electrons. The summed E-state index contributed by atoms with van der Waals surface area (Å²) in [7, 11) is 6.16. The molecule has 0 bridgehead atoms. The molecule has 6 nitrogen and oxygen atoms in total.